The average Bonchev–Trinajstić information content (AvgIpc) is 2.82. The van der Waals surface area contributed by atoms with E-state index in [1.165, 1.54) is 14.2 Å². The Bertz CT molecular complexity index is 348. The normalized spacial score (nSPS) is 24.3. The molecule has 0 saturated heterocycles. The third kappa shape index (κ3) is 2.70. The fraction of sp³-hybridized carbons (Fsp3) is 0.667. The van der Waals surface area contributed by atoms with Crippen LogP contribution in [0.3, 0.4) is 0 Å². The molecule has 0 aromatic carbocycles. The number of aliphatic hydroxyl groups excluding tert-OH is 2. The van der Waals surface area contributed by atoms with Crippen LogP contribution >= 0.6 is 0 Å². The van der Waals surface area contributed by atoms with E-state index in [1.54, 1.807) is 6.08 Å². The summed E-state index contributed by atoms with van der Waals surface area (Å²) in [6.45, 7) is -0.674. The van der Waals surface area contributed by atoms with E-state index in [4.69, 9.17) is 0 Å². The molecule has 0 radical (unpaired) electrons. The van der Waals surface area contributed by atoms with Crippen LogP contribution in [0, 0.1) is 17.8 Å². The fourth-order valence-corrected chi connectivity index (χ4v) is 2.37. The van der Waals surface area contributed by atoms with Crippen LogP contribution in [-0.2, 0) is 19.1 Å². The molecule has 0 amide bonds. The van der Waals surface area contributed by atoms with Crippen molar-refractivity contribution in [2.75, 3.05) is 27.4 Å². The second kappa shape index (κ2) is 6.51. The van der Waals surface area contributed by atoms with Gasteiger partial charge < -0.3 is 19.7 Å². The van der Waals surface area contributed by atoms with E-state index in [0.717, 1.165) is 0 Å². The van der Waals surface area contributed by atoms with Crippen LogP contribution in [0.25, 0.3) is 0 Å². The van der Waals surface area contributed by atoms with Gasteiger partial charge in [0.2, 0.25) is 0 Å². The van der Waals surface area contributed by atoms with Crippen molar-refractivity contribution in [2.24, 2.45) is 17.8 Å². The molecule has 0 spiro atoms. The second-order valence-electron chi connectivity index (χ2n) is 4.15. The maximum Gasteiger partial charge on any atom is 0.313 e. The lowest BCUT2D eigenvalue weighted by molar-refractivity contribution is -0.153. The Labute approximate surface area is 105 Å². The summed E-state index contributed by atoms with van der Waals surface area (Å²) in [5, 5.41) is 18.5. The molecule has 18 heavy (non-hydrogen) atoms. The van der Waals surface area contributed by atoms with Crippen molar-refractivity contribution >= 4 is 11.9 Å². The number of methoxy groups -OCH3 is 2. The number of carbonyl (C=O) groups is 2. The van der Waals surface area contributed by atoms with E-state index in [1.807, 2.05) is 0 Å². The number of hydrogen-bond acceptors (Lipinski definition) is 6. The molecule has 0 heterocycles. The molecule has 102 valence electrons. The van der Waals surface area contributed by atoms with Crippen LogP contribution < -0.4 is 0 Å². The second-order valence-corrected chi connectivity index (χ2v) is 4.15. The predicted molar refractivity (Wildman–Crippen MR) is 61.4 cm³/mol. The van der Waals surface area contributed by atoms with Gasteiger partial charge in [-0.1, -0.05) is 6.08 Å². The lowest BCUT2D eigenvalue weighted by Gasteiger charge is -2.25. The Morgan fingerprint density at radius 3 is 2.50 bits per heavy atom. The molecule has 6 heteroatoms. The highest BCUT2D eigenvalue weighted by Crippen LogP contribution is 2.38. The van der Waals surface area contributed by atoms with Crippen LogP contribution in [0.4, 0.5) is 0 Å². The first-order chi connectivity index (χ1) is 8.60. The Morgan fingerprint density at radius 2 is 2.06 bits per heavy atom. The minimum Gasteiger partial charge on any atom is -0.469 e. The minimum absolute atomic E-state index is 0.268. The number of ether oxygens (including phenoxy) is 2. The third-order valence-corrected chi connectivity index (χ3v) is 3.33. The zero-order chi connectivity index (χ0) is 13.7. The number of rotatable bonds is 5. The maximum atomic E-state index is 11.7. The third-order valence-electron chi connectivity index (χ3n) is 3.33. The van der Waals surface area contributed by atoms with Crippen molar-refractivity contribution < 1.29 is 29.3 Å². The summed E-state index contributed by atoms with van der Waals surface area (Å²) in [5.74, 6) is -3.00. The standard InChI is InChI=1S/C12H18O6/c1-17-11(15)9(6-14)8-4-3-7(5-13)10(8)12(16)18-2/h3,8-10,13-14H,4-6H2,1-2H3/t8-,9?,10-/m1/s1. The molecule has 6 nitrogen and oxygen atoms in total. The predicted octanol–water partition coefficient (Wildman–Crippen LogP) is -0.504. The van der Waals surface area contributed by atoms with E-state index in [-0.39, 0.29) is 6.61 Å². The van der Waals surface area contributed by atoms with E-state index in [9.17, 15) is 19.8 Å². The lowest BCUT2D eigenvalue weighted by atomic mass is 9.81. The summed E-state index contributed by atoms with van der Waals surface area (Å²) in [6, 6.07) is 0. The van der Waals surface area contributed by atoms with Crippen molar-refractivity contribution in [2.45, 2.75) is 6.42 Å². The zero-order valence-corrected chi connectivity index (χ0v) is 10.5. The van der Waals surface area contributed by atoms with Crippen LogP contribution in [-0.4, -0.2) is 49.6 Å². The molecule has 0 bridgehead atoms. The summed E-state index contributed by atoms with van der Waals surface area (Å²) in [4.78, 5) is 23.3. The monoisotopic (exact) mass is 258 g/mol. The van der Waals surface area contributed by atoms with Crippen LogP contribution in [0.15, 0.2) is 11.6 Å². The number of hydrogen-bond donors (Lipinski definition) is 2. The van der Waals surface area contributed by atoms with Gasteiger partial charge in [-0.2, -0.15) is 0 Å². The molecule has 0 aromatic heterocycles. The molecule has 1 aliphatic rings. The molecule has 0 aromatic rings. The number of allylic oxidation sites excluding steroid dienone is 1. The smallest absolute Gasteiger partial charge is 0.313 e. The molecule has 1 aliphatic carbocycles. The maximum absolute atomic E-state index is 11.7. The van der Waals surface area contributed by atoms with Gasteiger partial charge in [-0.3, -0.25) is 9.59 Å². The summed E-state index contributed by atoms with van der Waals surface area (Å²) in [5.41, 5.74) is 0.522. The van der Waals surface area contributed by atoms with Crippen molar-refractivity contribution in [1.29, 1.82) is 0 Å². The van der Waals surface area contributed by atoms with E-state index in [0.29, 0.717) is 12.0 Å². The molecule has 2 N–H and O–H groups in total. The SMILES string of the molecule is COC(=O)C(CO)[C@H]1CC=C(CO)[C@H]1C(=O)OC. The van der Waals surface area contributed by atoms with E-state index < -0.39 is 36.3 Å². The summed E-state index contributed by atoms with van der Waals surface area (Å²) in [7, 11) is 2.48. The number of esters is 2. The summed E-state index contributed by atoms with van der Waals surface area (Å²) in [6.07, 6.45) is 2.13. The van der Waals surface area contributed by atoms with Gasteiger partial charge in [-0.05, 0) is 17.9 Å². The van der Waals surface area contributed by atoms with Crippen molar-refractivity contribution in [3.8, 4) is 0 Å². The van der Waals surface area contributed by atoms with Crippen LogP contribution in [0.2, 0.25) is 0 Å². The van der Waals surface area contributed by atoms with Crippen molar-refractivity contribution in [3.63, 3.8) is 0 Å². The molecular weight excluding hydrogens is 240 g/mol. The first-order valence-electron chi connectivity index (χ1n) is 5.67. The van der Waals surface area contributed by atoms with Crippen molar-refractivity contribution in [1.82, 2.24) is 0 Å². The van der Waals surface area contributed by atoms with Gasteiger partial charge in [-0.25, -0.2) is 0 Å². The molecule has 0 aliphatic heterocycles. The largest absolute Gasteiger partial charge is 0.469 e. The van der Waals surface area contributed by atoms with E-state index >= 15 is 0 Å². The molecule has 1 rings (SSSR count). The Kier molecular flexibility index (Phi) is 5.30. The number of aliphatic hydroxyl groups is 2. The molecule has 1 unspecified atom stereocenters. The quantitative estimate of drug-likeness (QED) is 0.510. The van der Waals surface area contributed by atoms with Gasteiger partial charge in [0, 0.05) is 0 Å². The molecular formula is C12H18O6. The van der Waals surface area contributed by atoms with Crippen molar-refractivity contribution in [3.05, 3.63) is 11.6 Å². The highest BCUT2D eigenvalue weighted by atomic mass is 16.5. The van der Waals surface area contributed by atoms with Gasteiger partial charge >= 0.3 is 11.9 Å². The van der Waals surface area contributed by atoms with Gasteiger partial charge in [0.25, 0.3) is 0 Å². The van der Waals surface area contributed by atoms with Gasteiger partial charge in [0.1, 0.15) is 0 Å². The molecule has 0 saturated carbocycles. The summed E-state index contributed by atoms with van der Waals surface area (Å²) >= 11 is 0. The fourth-order valence-electron chi connectivity index (χ4n) is 2.37. The van der Waals surface area contributed by atoms with Crippen LogP contribution in [0.1, 0.15) is 6.42 Å². The van der Waals surface area contributed by atoms with E-state index in [2.05, 4.69) is 9.47 Å². The number of carbonyl (C=O) groups excluding carboxylic acids is 2. The summed E-state index contributed by atoms with van der Waals surface area (Å²) < 4.78 is 9.29. The Morgan fingerprint density at radius 1 is 1.39 bits per heavy atom. The highest BCUT2D eigenvalue weighted by molar-refractivity contribution is 5.80. The molecule has 0 fully saturated rings. The van der Waals surface area contributed by atoms with Crippen LogP contribution in [0.5, 0.6) is 0 Å². The highest BCUT2D eigenvalue weighted by Gasteiger charge is 2.43. The Balaban J connectivity index is 2.94. The lowest BCUT2D eigenvalue weighted by Crippen LogP contribution is -2.35. The Hall–Kier alpha value is -1.40. The minimum atomic E-state index is -0.792. The van der Waals surface area contributed by atoms with Gasteiger partial charge in [0.05, 0.1) is 39.3 Å². The van der Waals surface area contributed by atoms with Gasteiger partial charge in [-0.15, -0.1) is 0 Å². The first-order valence-corrected chi connectivity index (χ1v) is 5.67. The van der Waals surface area contributed by atoms with Gasteiger partial charge in [0.15, 0.2) is 0 Å². The zero-order valence-electron chi connectivity index (χ0n) is 10.5. The first kappa shape index (κ1) is 14.7. The topological polar surface area (TPSA) is 93.1 Å². The average molecular weight is 258 g/mol. The molecule has 3 atom stereocenters.